The molecule has 1 saturated heterocycles. The van der Waals surface area contributed by atoms with Crippen LogP contribution in [0.25, 0.3) is 0 Å². The van der Waals surface area contributed by atoms with Gasteiger partial charge in [-0.2, -0.15) is 0 Å². The second-order valence-electron chi connectivity index (χ2n) is 4.89. The summed E-state index contributed by atoms with van der Waals surface area (Å²) in [6.07, 6.45) is 7.44. The molecule has 0 N–H and O–H groups in total. The smallest absolute Gasteiger partial charge is 0.137 e. The van der Waals surface area contributed by atoms with E-state index in [0.717, 1.165) is 18.3 Å². The van der Waals surface area contributed by atoms with Gasteiger partial charge in [0.15, 0.2) is 0 Å². The Balaban J connectivity index is 0.00000162. The molecule has 110 valence electrons. The molecular formula is C14H24Cl2N2O. The van der Waals surface area contributed by atoms with Gasteiger partial charge >= 0.3 is 0 Å². The Hall–Kier alpha value is -0.510. The van der Waals surface area contributed by atoms with E-state index in [1.165, 1.54) is 25.8 Å². The van der Waals surface area contributed by atoms with Gasteiger partial charge in [-0.1, -0.05) is 13.3 Å². The first-order valence-electron chi connectivity index (χ1n) is 6.54. The van der Waals surface area contributed by atoms with Gasteiger partial charge in [-0.05, 0) is 44.5 Å². The summed E-state index contributed by atoms with van der Waals surface area (Å²) < 4.78 is 5.83. The molecule has 0 unspecified atom stereocenters. The molecule has 0 spiro atoms. The number of hydrogen-bond donors (Lipinski definition) is 0. The van der Waals surface area contributed by atoms with Gasteiger partial charge in [0.25, 0.3) is 0 Å². The van der Waals surface area contributed by atoms with Crippen molar-refractivity contribution in [2.75, 3.05) is 20.2 Å². The molecule has 0 radical (unpaired) electrons. The molecule has 5 heteroatoms. The fourth-order valence-electron chi connectivity index (χ4n) is 2.67. The topological polar surface area (TPSA) is 25.4 Å². The van der Waals surface area contributed by atoms with E-state index in [9.17, 15) is 0 Å². The standard InChI is InChI=1S/C14H22N2O.2ClH/c1-3-5-12-7-9-16(2)14(12)11-17-13-6-4-8-15-10-13;;/h4,6,8,10,12,14H,3,5,7,9,11H2,1-2H3;2*1H/t12-,14-;;/m0../s1. The van der Waals surface area contributed by atoms with Gasteiger partial charge in [0.2, 0.25) is 0 Å². The Labute approximate surface area is 128 Å². The molecule has 0 amide bonds. The summed E-state index contributed by atoms with van der Waals surface area (Å²) in [6, 6.07) is 4.45. The van der Waals surface area contributed by atoms with Crippen LogP contribution in [0, 0.1) is 5.92 Å². The molecule has 2 rings (SSSR count). The fourth-order valence-corrected chi connectivity index (χ4v) is 2.67. The van der Waals surface area contributed by atoms with Crippen LogP contribution < -0.4 is 4.74 Å². The van der Waals surface area contributed by atoms with E-state index in [1.807, 2.05) is 12.1 Å². The third kappa shape index (κ3) is 5.17. The minimum absolute atomic E-state index is 0. The maximum atomic E-state index is 5.83. The van der Waals surface area contributed by atoms with Crippen molar-refractivity contribution in [3.05, 3.63) is 24.5 Å². The Morgan fingerprint density at radius 1 is 1.42 bits per heavy atom. The maximum absolute atomic E-state index is 5.83. The number of likely N-dealkylation sites (N-methyl/N-ethyl adjacent to an activating group) is 1. The molecule has 1 fully saturated rings. The van der Waals surface area contributed by atoms with Gasteiger partial charge in [-0.25, -0.2) is 0 Å². The fraction of sp³-hybridized carbons (Fsp3) is 0.643. The molecule has 1 aromatic heterocycles. The molecular weight excluding hydrogens is 283 g/mol. The predicted octanol–water partition coefficient (Wildman–Crippen LogP) is 3.42. The normalized spacial score (nSPS) is 22.4. The van der Waals surface area contributed by atoms with Crippen LogP contribution >= 0.6 is 24.8 Å². The third-order valence-electron chi connectivity index (χ3n) is 3.68. The van der Waals surface area contributed by atoms with Crippen molar-refractivity contribution in [3.63, 3.8) is 0 Å². The summed E-state index contributed by atoms with van der Waals surface area (Å²) in [5.41, 5.74) is 0. The zero-order valence-corrected chi connectivity index (χ0v) is 13.3. The lowest BCUT2D eigenvalue weighted by atomic mass is 9.96. The summed E-state index contributed by atoms with van der Waals surface area (Å²) in [5.74, 6) is 1.67. The lowest BCUT2D eigenvalue weighted by Crippen LogP contribution is -2.35. The van der Waals surface area contributed by atoms with E-state index in [1.54, 1.807) is 12.4 Å². The van der Waals surface area contributed by atoms with Crippen molar-refractivity contribution in [1.82, 2.24) is 9.88 Å². The first-order valence-corrected chi connectivity index (χ1v) is 6.54. The van der Waals surface area contributed by atoms with Crippen molar-refractivity contribution >= 4 is 24.8 Å². The van der Waals surface area contributed by atoms with Crippen LogP contribution in [0.2, 0.25) is 0 Å². The highest BCUT2D eigenvalue weighted by atomic mass is 35.5. The molecule has 0 aromatic carbocycles. The largest absolute Gasteiger partial charge is 0.490 e. The van der Waals surface area contributed by atoms with Crippen molar-refractivity contribution in [3.8, 4) is 5.75 Å². The SMILES string of the molecule is CCC[C@H]1CCN(C)[C@H]1COc1cccnc1.Cl.Cl. The van der Waals surface area contributed by atoms with Crippen LogP contribution in [0.1, 0.15) is 26.2 Å². The second-order valence-corrected chi connectivity index (χ2v) is 4.89. The Morgan fingerprint density at radius 3 is 2.84 bits per heavy atom. The molecule has 1 aliphatic rings. The van der Waals surface area contributed by atoms with E-state index < -0.39 is 0 Å². The van der Waals surface area contributed by atoms with Gasteiger partial charge in [0.05, 0.1) is 6.20 Å². The average molecular weight is 307 g/mol. The highest BCUT2D eigenvalue weighted by Crippen LogP contribution is 2.27. The Morgan fingerprint density at radius 2 is 2.21 bits per heavy atom. The zero-order chi connectivity index (χ0) is 12.1. The zero-order valence-electron chi connectivity index (χ0n) is 11.6. The van der Waals surface area contributed by atoms with Crippen LogP contribution in [0.4, 0.5) is 0 Å². The van der Waals surface area contributed by atoms with Gasteiger partial charge < -0.3 is 4.74 Å². The maximum Gasteiger partial charge on any atom is 0.137 e. The number of ether oxygens (including phenoxy) is 1. The predicted molar refractivity (Wildman–Crippen MR) is 83.7 cm³/mol. The second kappa shape index (κ2) is 9.40. The summed E-state index contributed by atoms with van der Waals surface area (Å²) in [4.78, 5) is 6.49. The summed E-state index contributed by atoms with van der Waals surface area (Å²) in [5, 5.41) is 0. The number of halogens is 2. The van der Waals surface area contributed by atoms with Crippen LogP contribution in [-0.4, -0.2) is 36.1 Å². The first kappa shape index (κ1) is 18.5. The minimum Gasteiger partial charge on any atom is -0.490 e. The van der Waals surface area contributed by atoms with Crippen molar-refractivity contribution in [2.45, 2.75) is 32.2 Å². The minimum atomic E-state index is 0. The Bertz CT molecular complexity index is 335. The number of rotatable bonds is 5. The van der Waals surface area contributed by atoms with E-state index >= 15 is 0 Å². The average Bonchev–Trinajstić information content (AvgIpc) is 2.70. The Kier molecular flexibility index (Phi) is 9.15. The van der Waals surface area contributed by atoms with Crippen LogP contribution in [0.15, 0.2) is 24.5 Å². The van der Waals surface area contributed by atoms with E-state index in [-0.39, 0.29) is 24.8 Å². The van der Waals surface area contributed by atoms with Crippen molar-refractivity contribution in [2.24, 2.45) is 5.92 Å². The summed E-state index contributed by atoms with van der Waals surface area (Å²) >= 11 is 0. The van der Waals surface area contributed by atoms with Crippen molar-refractivity contribution < 1.29 is 4.74 Å². The van der Waals surface area contributed by atoms with Gasteiger partial charge in [0, 0.05) is 12.2 Å². The van der Waals surface area contributed by atoms with E-state index in [4.69, 9.17) is 4.74 Å². The third-order valence-corrected chi connectivity index (χ3v) is 3.68. The number of aromatic nitrogens is 1. The number of pyridine rings is 1. The highest BCUT2D eigenvalue weighted by Gasteiger charge is 2.31. The molecule has 2 heterocycles. The summed E-state index contributed by atoms with van der Waals surface area (Å²) in [7, 11) is 2.20. The molecule has 19 heavy (non-hydrogen) atoms. The molecule has 3 nitrogen and oxygen atoms in total. The molecule has 0 aliphatic carbocycles. The molecule has 2 atom stereocenters. The first-order chi connectivity index (χ1) is 8.31. The molecule has 1 aromatic rings. The van der Waals surface area contributed by atoms with Gasteiger partial charge in [0.1, 0.15) is 12.4 Å². The number of likely N-dealkylation sites (tertiary alicyclic amines) is 1. The molecule has 0 bridgehead atoms. The monoisotopic (exact) mass is 306 g/mol. The highest BCUT2D eigenvalue weighted by molar-refractivity contribution is 5.85. The van der Waals surface area contributed by atoms with Gasteiger partial charge in [-0.3, -0.25) is 9.88 Å². The number of nitrogens with zero attached hydrogens (tertiary/aromatic N) is 2. The molecule has 1 aliphatic heterocycles. The van der Waals surface area contributed by atoms with Crippen LogP contribution in [0.3, 0.4) is 0 Å². The quantitative estimate of drug-likeness (QED) is 0.833. The lowest BCUT2D eigenvalue weighted by Gasteiger charge is -2.24. The van der Waals surface area contributed by atoms with Gasteiger partial charge in [-0.15, -0.1) is 24.8 Å². The lowest BCUT2D eigenvalue weighted by molar-refractivity contribution is 0.166. The van der Waals surface area contributed by atoms with Crippen LogP contribution in [0.5, 0.6) is 5.75 Å². The van der Waals surface area contributed by atoms with Crippen LogP contribution in [-0.2, 0) is 0 Å². The summed E-state index contributed by atoms with van der Waals surface area (Å²) in [6.45, 7) is 4.25. The van der Waals surface area contributed by atoms with Crippen molar-refractivity contribution in [1.29, 1.82) is 0 Å². The molecule has 0 saturated carbocycles. The number of hydrogen-bond acceptors (Lipinski definition) is 3. The van der Waals surface area contributed by atoms with E-state index in [2.05, 4.69) is 23.9 Å². The van der Waals surface area contributed by atoms with E-state index in [0.29, 0.717) is 6.04 Å².